The molecule has 0 bridgehead atoms. The van der Waals surface area contributed by atoms with Crippen molar-refractivity contribution < 1.29 is 27.3 Å². The van der Waals surface area contributed by atoms with Crippen LogP contribution in [-0.2, 0) is 19.1 Å². The maximum absolute atomic E-state index is 13.0. The van der Waals surface area contributed by atoms with Crippen molar-refractivity contribution in [2.75, 3.05) is 30.8 Å². The van der Waals surface area contributed by atoms with Crippen molar-refractivity contribution >= 4 is 34.7 Å². The minimum Gasteiger partial charge on any atom is -0.356 e. The van der Waals surface area contributed by atoms with Gasteiger partial charge in [0.05, 0.1) is 17.2 Å². The molecule has 11 nitrogen and oxygen atoms in total. The van der Waals surface area contributed by atoms with E-state index in [1.807, 2.05) is 19.3 Å². The second-order valence-electron chi connectivity index (χ2n) is 8.72. The van der Waals surface area contributed by atoms with Crippen LogP contribution < -0.4 is 4.90 Å². The molecule has 32 heavy (non-hydrogen) atoms. The molecule has 2 fully saturated rings. The van der Waals surface area contributed by atoms with E-state index in [1.54, 1.807) is 6.33 Å². The first-order valence-corrected chi connectivity index (χ1v) is 14.0. The van der Waals surface area contributed by atoms with Gasteiger partial charge in [-0.3, -0.25) is 4.52 Å². The summed E-state index contributed by atoms with van der Waals surface area (Å²) in [4.78, 5) is 32.0. The Balaban J connectivity index is 1.33. The molecular formula is C19H30N5O6PS. The molecule has 1 saturated carbocycles. The molecule has 0 aromatic carbocycles. The number of aromatic amines is 1. The Morgan fingerprint density at radius 2 is 2.00 bits per heavy atom. The van der Waals surface area contributed by atoms with E-state index in [9.17, 15) is 13.0 Å². The highest BCUT2D eigenvalue weighted by atomic mass is 32.2. The van der Waals surface area contributed by atoms with Crippen molar-refractivity contribution in [2.45, 2.75) is 50.7 Å². The van der Waals surface area contributed by atoms with E-state index in [1.165, 1.54) is 4.31 Å². The number of piperidine rings is 1. The van der Waals surface area contributed by atoms with Crippen LogP contribution in [0.2, 0.25) is 0 Å². The molecule has 3 N–H and O–H groups in total. The number of phosphoric acid groups is 1. The summed E-state index contributed by atoms with van der Waals surface area (Å²) in [5, 5.41) is 0.969. The van der Waals surface area contributed by atoms with E-state index < -0.39 is 23.9 Å². The standard InChI is InChI=1S/C19H30N5O6PS/c1-23(19-17-8-9-20-18(17)21-13-22-19)15-6-4-14(5-7-15)12-32(28,29)24-10-2-3-16(11-24)30-31(25,26)27/h8-9,13-16H,2-7,10-12H2,1H3,(H,20,21,22)(H2,25,26,27)/t14?,15?,16-/m1/s1. The third kappa shape index (κ3) is 5.49. The lowest BCUT2D eigenvalue weighted by Crippen LogP contribution is -2.45. The maximum Gasteiger partial charge on any atom is 0.469 e. The number of hydrogen-bond acceptors (Lipinski definition) is 7. The molecule has 1 aliphatic carbocycles. The van der Waals surface area contributed by atoms with E-state index >= 15 is 0 Å². The first-order chi connectivity index (χ1) is 15.1. The minimum absolute atomic E-state index is 0.00803. The number of anilines is 1. The van der Waals surface area contributed by atoms with Crippen LogP contribution in [-0.4, -0.2) is 75.5 Å². The Bertz CT molecular complexity index is 1080. The number of sulfonamides is 1. The van der Waals surface area contributed by atoms with Gasteiger partial charge in [-0.15, -0.1) is 0 Å². The molecule has 0 amide bonds. The Hall–Kier alpha value is -1.56. The van der Waals surface area contributed by atoms with Crippen LogP contribution in [0.1, 0.15) is 38.5 Å². The highest BCUT2D eigenvalue weighted by Gasteiger charge is 2.35. The molecule has 2 aliphatic rings. The van der Waals surface area contributed by atoms with Gasteiger partial charge in [0.2, 0.25) is 10.0 Å². The second kappa shape index (κ2) is 9.36. The van der Waals surface area contributed by atoms with Crippen molar-refractivity contribution in [1.29, 1.82) is 0 Å². The van der Waals surface area contributed by atoms with Gasteiger partial charge in [0.1, 0.15) is 17.8 Å². The highest BCUT2D eigenvalue weighted by molar-refractivity contribution is 7.89. The zero-order valence-corrected chi connectivity index (χ0v) is 19.7. The number of phosphoric ester groups is 1. The van der Waals surface area contributed by atoms with Crippen molar-refractivity contribution in [2.24, 2.45) is 5.92 Å². The monoisotopic (exact) mass is 487 g/mol. The fourth-order valence-electron chi connectivity index (χ4n) is 4.85. The predicted octanol–water partition coefficient (Wildman–Crippen LogP) is 1.86. The van der Waals surface area contributed by atoms with Gasteiger partial charge in [-0.1, -0.05) is 0 Å². The van der Waals surface area contributed by atoms with Crippen LogP contribution in [0.3, 0.4) is 0 Å². The summed E-state index contributed by atoms with van der Waals surface area (Å²) in [6.45, 7) is 0.355. The van der Waals surface area contributed by atoms with Crippen molar-refractivity contribution in [3.63, 3.8) is 0 Å². The van der Waals surface area contributed by atoms with E-state index in [0.717, 1.165) is 42.5 Å². The first-order valence-electron chi connectivity index (χ1n) is 10.8. The normalized spacial score (nSPS) is 25.8. The Morgan fingerprint density at radius 3 is 2.72 bits per heavy atom. The summed E-state index contributed by atoms with van der Waals surface area (Å²) >= 11 is 0. The molecule has 13 heteroatoms. The minimum atomic E-state index is -4.64. The fraction of sp³-hybridized carbons (Fsp3) is 0.684. The molecule has 4 rings (SSSR count). The van der Waals surface area contributed by atoms with Gasteiger partial charge < -0.3 is 19.7 Å². The van der Waals surface area contributed by atoms with Crippen LogP contribution in [0, 0.1) is 5.92 Å². The van der Waals surface area contributed by atoms with E-state index in [2.05, 4.69) is 19.9 Å². The second-order valence-corrected chi connectivity index (χ2v) is 11.9. The Labute approximate surface area is 187 Å². The predicted molar refractivity (Wildman–Crippen MR) is 120 cm³/mol. The molecule has 1 saturated heterocycles. The lowest BCUT2D eigenvalue weighted by atomic mass is 9.86. The SMILES string of the molecule is CN(c1ncnc2[nH]ccc12)C1CCC(CS(=O)(=O)N2CCC[C@@H](OP(=O)(O)O)C2)CC1. The van der Waals surface area contributed by atoms with Crippen molar-refractivity contribution in [3.8, 4) is 0 Å². The van der Waals surface area contributed by atoms with Crippen LogP contribution in [0.15, 0.2) is 18.6 Å². The molecule has 2 aromatic rings. The number of hydrogen-bond donors (Lipinski definition) is 3. The zero-order valence-electron chi connectivity index (χ0n) is 18.0. The molecule has 0 unspecified atom stereocenters. The van der Waals surface area contributed by atoms with Gasteiger partial charge in [0, 0.05) is 32.4 Å². The highest BCUT2D eigenvalue weighted by Crippen LogP contribution is 2.40. The summed E-state index contributed by atoms with van der Waals surface area (Å²) in [6, 6.07) is 2.24. The van der Waals surface area contributed by atoms with Gasteiger partial charge in [-0.25, -0.2) is 23.0 Å². The third-order valence-corrected chi connectivity index (χ3v) is 9.08. The van der Waals surface area contributed by atoms with Gasteiger partial charge in [-0.2, -0.15) is 4.31 Å². The maximum atomic E-state index is 13.0. The lowest BCUT2D eigenvalue weighted by molar-refractivity contribution is 0.0891. The average molecular weight is 488 g/mol. The van der Waals surface area contributed by atoms with E-state index in [-0.39, 0.29) is 24.3 Å². The molecule has 1 aliphatic heterocycles. The van der Waals surface area contributed by atoms with Crippen molar-refractivity contribution in [3.05, 3.63) is 18.6 Å². The van der Waals surface area contributed by atoms with Crippen molar-refractivity contribution in [1.82, 2.24) is 19.3 Å². The van der Waals surface area contributed by atoms with Gasteiger partial charge >= 0.3 is 7.82 Å². The Kier molecular flexibility index (Phi) is 6.90. The molecular weight excluding hydrogens is 457 g/mol. The topological polar surface area (TPSA) is 149 Å². The smallest absolute Gasteiger partial charge is 0.356 e. The van der Waals surface area contributed by atoms with Gasteiger partial charge in [0.15, 0.2) is 0 Å². The number of nitrogens with one attached hydrogen (secondary N) is 1. The summed E-state index contributed by atoms with van der Waals surface area (Å²) in [5.41, 5.74) is 0.796. The van der Waals surface area contributed by atoms with Gasteiger partial charge in [0.25, 0.3) is 0 Å². The van der Waals surface area contributed by atoms with E-state index in [4.69, 9.17) is 14.3 Å². The average Bonchev–Trinajstić information content (AvgIpc) is 3.21. The molecule has 0 radical (unpaired) electrons. The fourth-order valence-corrected chi connectivity index (χ4v) is 7.35. The number of H-pyrrole nitrogens is 1. The number of nitrogens with zero attached hydrogens (tertiary/aromatic N) is 4. The first kappa shape index (κ1) is 23.6. The van der Waals surface area contributed by atoms with Crippen LogP contribution in [0.4, 0.5) is 5.82 Å². The number of aromatic nitrogens is 3. The molecule has 178 valence electrons. The largest absolute Gasteiger partial charge is 0.469 e. The summed E-state index contributed by atoms with van der Waals surface area (Å²) in [5.74, 6) is 0.990. The van der Waals surface area contributed by atoms with Crippen LogP contribution in [0.5, 0.6) is 0 Å². The quantitative estimate of drug-likeness (QED) is 0.497. The third-order valence-electron chi connectivity index (χ3n) is 6.50. The van der Waals surface area contributed by atoms with Crippen LogP contribution in [0.25, 0.3) is 11.0 Å². The summed E-state index contributed by atoms with van der Waals surface area (Å²) < 4.78 is 43.1. The number of fused-ring (bicyclic) bond motifs is 1. The van der Waals surface area contributed by atoms with Gasteiger partial charge in [-0.05, 0) is 50.5 Å². The van der Waals surface area contributed by atoms with E-state index in [0.29, 0.717) is 19.4 Å². The van der Waals surface area contributed by atoms with Crippen LogP contribution >= 0.6 is 7.82 Å². The molecule has 1 atom stereocenters. The summed E-state index contributed by atoms with van der Waals surface area (Å²) in [7, 11) is -6.14. The number of rotatable bonds is 7. The zero-order chi connectivity index (χ0) is 22.9. The molecule has 2 aromatic heterocycles. The molecule has 3 heterocycles. The lowest BCUT2D eigenvalue weighted by Gasteiger charge is -2.37. The Morgan fingerprint density at radius 1 is 1.25 bits per heavy atom. The molecule has 0 spiro atoms. The summed E-state index contributed by atoms with van der Waals surface area (Å²) in [6.07, 6.45) is 6.91.